The normalized spacial score (nSPS) is 17.1. The van der Waals surface area contributed by atoms with E-state index >= 15 is 0 Å². The summed E-state index contributed by atoms with van der Waals surface area (Å²) < 4.78 is 32.4. The molecule has 1 aromatic rings. The number of rotatable bonds is 2. The molecule has 1 saturated heterocycles. The first-order chi connectivity index (χ1) is 10.6. The molecule has 2 heterocycles. The number of halogens is 1. The summed E-state index contributed by atoms with van der Waals surface area (Å²) >= 11 is 3.23. The highest BCUT2D eigenvalue weighted by molar-refractivity contribution is 9.10. The summed E-state index contributed by atoms with van der Waals surface area (Å²) in [5.41, 5.74) is -0.568. The Morgan fingerprint density at radius 3 is 2.30 bits per heavy atom. The zero-order chi connectivity index (χ0) is 17.3. The maximum atomic E-state index is 12.5. The van der Waals surface area contributed by atoms with Gasteiger partial charge in [-0.25, -0.2) is 18.2 Å². The monoisotopic (exact) mass is 405 g/mol. The van der Waals surface area contributed by atoms with Gasteiger partial charge in [0.15, 0.2) is 5.03 Å². The second-order valence-electron chi connectivity index (χ2n) is 6.19. The molecule has 0 unspecified atom stereocenters. The maximum Gasteiger partial charge on any atom is 0.410 e. The van der Waals surface area contributed by atoms with Crippen LogP contribution in [0, 0.1) is 0 Å². The summed E-state index contributed by atoms with van der Waals surface area (Å²) in [6, 6.07) is 3.09. The number of pyridine rings is 1. The molecule has 0 aromatic carbocycles. The van der Waals surface area contributed by atoms with Gasteiger partial charge in [0.05, 0.1) is 0 Å². The van der Waals surface area contributed by atoms with Crippen molar-refractivity contribution in [3.63, 3.8) is 0 Å². The predicted molar refractivity (Wildman–Crippen MR) is 88.5 cm³/mol. The largest absolute Gasteiger partial charge is 0.444 e. The Bertz CT molecular complexity index is 662. The van der Waals surface area contributed by atoms with E-state index in [0.29, 0.717) is 17.6 Å². The minimum Gasteiger partial charge on any atom is -0.444 e. The van der Waals surface area contributed by atoms with Crippen LogP contribution < -0.4 is 0 Å². The molecule has 1 amide bonds. The van der Waals surface area contributed by atoms with Gasteiger partial charge in [-0.05, 0) is 48.8 Å². The van der Waals surface area contributed by atoms with Crippen molar-refractivity contribution in [3.05, 3.63) is 22.8 Å². The van der Waals surface area contributed by atoms with Gasteiger partial charge in [0.25, 0.3) is 10.0 Å². The van der Waals surface area contributed by atoms with Gasteiger partial charge in [0, 0.05) is 36.8 Å². The number of carbonyl (C=O) groups excluding carboxylic acids is 1. The second kappa shape index (κ2) is 6.74. The van der Waals surface area contributed by atoms with E-state index < -0.39 is 21.7 Å². The first kappa shape index (κ1) is 18.2. The highest BCUT2D eigenvalue weighted by Crippen LogP contribution is 2.18. The number of sulfonamides is 1. The van der Waals surface area contributed by atoms with Gasteiger partial charge >= 0.3 is 6.09 Å². The van der Waals surface area contributed by atoms with Crippen LogP contribution in [0.15, 0.2) is 27.8 Å². The summed E-state index contributed by atoms with van der Waals surface area (Å²) in [7, 11) is -3.64. The van der Waals surface area contributed by atoms with E-state index in [4.69, 9.17) is 4.74 Å². The third-order valence-electron chi connectivity index (χ3n) is 3.19. The third kappa shape index (κ3) is 4.65. The molecule has 0 spiro atoms. The summed E-state index contributed by atoms with van der Waals surface area (Å²) in [6.07, 6.45) is 1.03. The Kier molecular flexibility index (Phi) is 5.32. The van der Waals surface area contributed by atoms with Gasteiger partial charge in [0.1, 0.15) is 5.60 Å². The van der Waals surface area contributed by atoms with Gasteiger partial charge in [-0.3, -0.25) is 0 Å². The SMILES string of the molecule is CC(C)(C)OC(=O)N1CCN(S(=O)(=O)c2ccc(Br)cn2)CC1. The Balaban J connectivity index is 2.01. The molecule has 128 valence electrons. The molecule has 0 radical (unpaired) electrons. The van der Waals surface area contributed by atoms with Crippen LogP contribution in [0.3, 0.4) is 0 Å². The van der Waals surface area contributed by atoms with E-state index in [1.807, 2.05) is 0 Å². The van der Waals surface area contributed by atoms with Crippen molar-refractivity contribution in [1.82, 2.24) is 14.2 Å². The van der Waals surface area contributed by atoms with E-state index in [1.54, 1.807) is 26.8 Å². The topological polar surface area (TPSA) is 79.8 Å². The smallest absolute Gasteiger partial charge is 0.410 e. The molecule has 7 nitrogen and oxygen atoms in total. The summed E-state index contributed by atoms with van der Waals surface area (Å²) in [5.74, 6) is 0. The summed E-state index contributed by atoms with van der Waals surface area (Å²) in [4.78, 5) is 17.5. The molecule has 9 heteroatoms. The van der Waals surface area contributed by atoms with Crippen LogP contribution in [-0.4, -0.2) is 60.5 Å². The number of nitrogens with zero attached hydrogens (tertiary/aromatic N) is 3. The van der Waals surface area contributed by atoms with Crippen LogP contribution in [0.1, 0.15) is 20.8 Å². The first-order valence-corrected chi connectivity index (χ1v) is 9.42. The van der Waals surface area contributed by atoms with E-state index in [0.717, 1.165) is 0 Å². The first-order valence-electron chi connectivity index (χ1n) is 7.19. The zero-order valence-corrected chi connectivity index (χ0v) is 15.7. The Labute approximate surface area is 144 Å². The fourth-order valence-electron chi connectivity index (χ4n) is 2.08. The molecule has 2 rings (SSSR count). The van der Waals surface area contributed by atoms with Crippen molar-refractivity contribution in [1.29, 1.82) is 0 Å². The number of hydrogen-bond donors (Lipinski definition) is 0. The lowest BCUT2D eigenvalue weighted by atomic mass is 10.2. The third-order valence-corrected chi connectivity index (χ3v) is 5.48. The molecule has 1 fully saturated rings. The molecular formula is C14H20BrN3O4S. The molecular weight excluding hydrogens is 386 g/mol. The lowest BCUT2D eigenvalue weighted by Gasteiger charge is -2.34. The highest BCUT2D eigenvalue weighted by Gasteiger charge is 2.32. The molecule has 0 bridgehead atoms. The Hall–Kier alpha value is -1.19. The Morgan fingerprint density at radius 2 is 1.83 bits per heavy atom. The van der Waals surface area contributed by atoms with Crippen LogP contribution >= 0.6 is 15.9 Å². The quantitative estimate of drug-likeness (QED) is 0.752. The minimum atomic E-state index is -3.64. The van der Waals surface area contributed by atoms with E-state index in [2.05, 4.69) is 20.9 Å². The molecule has 1 aliphatic rings. The van der Waals surface area contributed by atoms with Crippen LogP contribution in [0.5, 0.6) is 0 Å². The standard InChI is InChI=1S/C14H20BrN3O4S/c1-14(2,3)22-13(19)17-6-8-18(9-7-17)23(20,21)12-5-4-11(15)10-16-12/h4-5,10H,6-9H2,1-3H3. The van der Waals surface area contributed by atoms with E-state index in [-0.39, 0.29) is 18.1 Å². The van der Waals surface area contributed by atoms with E-state index in [1.165, 1.54) is 21.5 Å². The number of amides is 1. The van der Waals surface area contributed by atoms with Crippen molar-refractivity contribution in [2.45, 2.75) is 31.4 Å². The molecule has 23 heavy (non-hydrogen) atoms. The molecule has 0 saturated carbocycles. The molecule has 1 aliphatic heterocycles. The van der Waals surface area contributed by atoms with Crippen molar-refractivity contribution < 1.29 is 17.9 Å². The van der Waals surface area contributed by atoms with Crippen molar-refractivity contribution in [2.75, 3.05) is 26.2 Å². The summed E-state index contributed by atoms with van der Waals surface area (Å²) in [6.45, 7) is 6.43. The van der Waals surface area contributed by atoms with Crippen molar-refractivity contribution in [2.24, 2.45) is 0 Å². The van der Waals surface area contributed by atoms with Crippen molar-refractivity contribution >= 4 is 32.0 Å². The van der Waals surface area contributed by atoms with Gasteiger partial charge in [-0.15, -0.1) is 0 Å². The second-order valence-corrected chi connectivity index (χ2v) is 8.99. The fraction of sp³-hybridized carbons (Fsp3) is 0.571. The average Bonchev–Trinajstić information content (AvgIpc) is 2.46. The molecule has 0 atom stereocenters. The number of aromatic nitrogens is 1. The molecule has 0 N–H and O–H groups in total. The average molecular weight is 406 g/mol. The highest BCUT2D eigenvalue weighted by atomic mass is 79.9. The van der Waals surface area contributed by atoms with Crippen LogP contribution in [0.2, 0.25) is 0 Å². The predicted octanol–water partition coefficient (Wildman–Crippen LogP) is 2.09. The zero-order valence-electron chi connectivity index (χ0n) is 13.3. The summed E-state index contributed by atoms with van der Waals surface area (Å²) in [5, 5.41) is 0.00594. The van der Waals surface area contributed by atoms with Gasteiger partial charge in [0.2, 0.25) is 0 Å². The lowest BCUT2D eigenvalue weighted by molar-refractivity contribution is 0.0192. The number of piperazine rings is 1. The lowest BCUT2D eigenvalue weighted by Crippen LogP contribution is -2.51. The van der Waals surface area contributed by atoms with Crippen LogP contribution in [0.4, 0.5) is 4.79 Å². The van der Waals surface area contributed by atoms with Crippen molar-refractivity contribution in [3.8, 4) is 0 Å². The van der Waals surface area contributed by atoms with Gasteiger partial charge in [-0.2, -0.15) is 4.31 Å². The molecule has 1 aromatic heterocycles. The van der Waals surface area contributed by atoms with E-state index in [9.17, 15) is 13.2 Å². The van der Waals surface area contributed by atoms with Gasteiger partial charge in [-0.1, -0.05) is 0 Å². The molecule has 0 aliphatic carbocycles. The van der Waals surface area contributed by atoms with Crippen LogP contribution in [0.25, 0.3) is 0 Å². The van der Waals surface area contributed by atoms with Gasteiger partial charge < -0.3 is 9.64 Å². The van der Waals surface area contributed by atoms with Crippen LogP contribution in [-0.2, 0) is 14.8 Å². The fourth-order valence-corrected chi connectivity index (χ4v) is 3.65. The minimum absolute atomic E-state index is 0.00594. The number of hydrogen-bond acceptors (Lipinski definition) is 5. The maximum absolute atomic E-state index is 12.5. The Morgan fingerprint density at radius 1 is 1.22 bits per heavy atom. The number of carbonyl (C=O) groups is 1. The number of ether oxygens (including phenoxy) is 1.